The van der Waals surface area contributed by atoms with E-state index in [0.717, 1.165) is 35.7 Å². The number of amides is 1. The Morgan fingerprint density at radius 2 is 1.96 bits per heavy atom. The maximum atomic E-state index is 12.6. The van der Waals surface area contributed by atoms with Crippen LogP contribution in [0.1, 0.15) is 28.8 Å². The molecule has 2 aromatic rings. The van der Waals surface area contributed by atoms with Crippen LogP contribution in [-0.4, -0.2) is 30.9 Å². The predicted octanol–water partition coefficient (Wildman–Crippen LogP) is 5.24. The highest BCUT2D eigenvalue weighted by molar-refractivity contribution is 7.99. The van der Waals surface area contributed by atoms with Crippen LogP contribution >= 0.6 is 35.0 Å². The van der Waals surface area contributed by atoms with Crippen molar-refractivity contribution in [3.8, 4) is 0 Å². The number of ether oxygens (including phenoxy) is 1. The maximum Gasteiger partial charge on any atom is 0.252 e. The van der Waals surface area contributed by atoms with Crippen LogP contribution in [-0.2, 0) is 11.2 Å². The molecular formula is C20H21Cl2NO2S. The molecule has 3 nitrogen and oxygen atoms in total. The summed E-state index contributed by atoms with van der Waals surface area (Å²) in [6.07, 6.45) is 3.20. The molecule has 0 aromatic heterocycles. The topological polar surface area (TPSA) is 38.3 Å². The summed E-state index contributed by atoms with van der Waals surface area (Å²) in [5, 5.41) is 4.20. The van der Waals surface area contributed by atoms with Crippen LogP contribution in [0, 0.1) is 0 Å². The third-order valence-corrected chi connectivity index (χ3v) is 5.84. The van der Waals surface area contributed by atoms with Gasteiger partial charge in [-0.25, -0.2) is 0 Å². The minimum absolute atomic E-state index is 0.0615. The molecule has 0 bridgehead atoms. The number of benzene rings is 2. The summed E-state index contributed by atoms with van der Waals surface area (Å²) < 4.78 is 5.67. The first-order valence-corrected chi connectivity index (χ1v) is 10.4. The maximum absolute atomic E-state index is 12.6. The lowest BCUT2D eigenvalue weighted by Gasteiger charge is -2.12. The Morgan fingerprint density at radius 1 is 1.19 bits per heavy atom. The second-order valence-electron chi connectivity index (χ2n) is 6.23. The number of carbonyl (C=O) groups is 1. The second-order valence-corrected chi connectivity index (χ2v) is 8.16. The Labute approximate surface area is 168 Å². The van der Waals surface area contributed by atoms with Gasteiger partial charge < -0.3 is 10.1 Å². The van der Waals surface area contributed by atoms with Gasteiger partial charge in [0.1, 0.15) is 0 Å². The van der Waals surface area contributed by atoms with E-state index < -0.39 is 0 Å². The van der Waals surface area contributed by atoms with Gasteiger partial charge in [-0.05, 0) is 55.2 Å². The van der Waals surface area contributed by atoms with Crippen LogP contribution in [0.3, 0.4) is 0 Å². The largest absolute Gasteiger partial charge is 0.377 e. The van der Waals surface area contributed by atoms with Crippen molar-refractivity contribution in [2.24, 2.45) is 0 Å². The van der Waals surface area contributed by atoms with E-state index in [0.29, 0.717) is 34.7 Å². The summed E-state index contributed by atoms with van der Waals surface area (Å²) in [4.78, 5) is 13.6. The van der Waals surface area contributed by atoms with Crippen molar-refractivity contribution in [1.82, 2.24) is 5.32 Å². The summed E-state index contributed by atoms with van der Waals surface area (Å²) in [6.45, 7) is 1.38. The molecule has 26 heavy (non-hydrogen) atoms. The minimum atomic E-state index is -0.0615. The van der Waals surface area contributed by atoms with Gasteiger partial charge in [0.15, 0.2) is 0 Å². The molecule has 1 aliphatic rings. The Hall–Kier alpha value is -1.20. The van der Waals surface area contributed by atoms with E-state index in [1.807, 2.05) is 36.4 Å². The lowest BCUT2D eigenvalue weighted by Crippen LogP contribution is -2.26. The van der Waals surface area contributed by atoms with Crippen molar-refractivity contribution < 1.29 is 9.53 Å². The molecule has 1 N–H and O–H groups in total. The van der Waals surface area contributed by atoms with Crippen LogP contribution in [0.2, 0.25) is 10.0 Å². The third-order valence-electron chi connectivity index (χ3n) is 4.20. The molecule has 6 heteroatoms. The molecule has 1 amide bonds. The van der Waals surface area contributed by atoms with Crippen molar-refractivity contribution in [1.29, 1.82) is 0 Å². The van der Waals surface area contributed by atoms with E-state index in [-0.39, 0.29) is 5.91 Å². The van der Waals surface area contributed by atoms with Gasteiger partial charge in [0.05, 0.1) is 11.7 Å². The number of hydrogen-bond donors (Lipinski definition) is 1. The molecule has 1 heterocycles. The number of halogens is 2. The highest BCUT2D eigenvalue weighted by atomic mass is 35.5. The van der Waals surface area contributed by atoms with Crippen molar-refractivity contribution >= 4 is 40.9 Å². The van der Waals surface area contributed by atoms with Crippen molar-refractivity contribution in [2.75, 3.05) is 18.9 Å². The Bertz CT molecular complexity index is 743. The van der Waals surface area contributed by atoms with Gasteiger partial charge in [-0.1, -0.05) is 35.3 Å². The lowest BCUT2D eigenvalue weighted by atomic mass is 10.1. The molecule has 1 atom stereocenters. The first-order chi connectivity index (χ1) is 12.6. The predicted molar refractivity (Wildman–Crippen MR) is 109 cm³/mol. The fourth-order valence-corrected chi connectivity index (χ4v) is 4.60. The molecule has 1 fully saturated rings. The van der Waals surface area contributed by atoms with E-state index in [4.69, 9.17) is 27.9 Å². The highest BCUT2D eigenvalue weighted by Gasteiger charge is 2.17. The van der Waals surface area contributed by atoms with Crippen molar-refractivity contribution in [2.45, 2.75) is 30.3 Å². The fourth-order valence-electron chi connectivity index (χ4n) is 2.91. The SMILES string of the molecule is O=C(NCCc1cc(Cl)cc(Cl)c1)c1ccccc1SCC1CCCO1. The molecule has 1 aliphatic heterocycles. The molecular weight excluding hydrogens is 389 g/mol. The van der Waals surface area contributed by atoms with Gasteiger partial charge in [-0.2, -0.15) is 0 Å². The lowest BCUT2D eigenvalue weighted by molar-refractivity contribution is 0.0951. The molecule has 0 aliphatic carbocycles. The fraction of sp³-hybridized carbons (Fsp3) is 0.350. The van der Waals surface area contributed by atoms with Crippen molar-refractivity contribution in [3.63, 3.8) is 0 Å². The Balaban J connectivity index is 1.55. The quantitative estimate of drug-likeness (QED) is 0.635. The molecule has 1 unspecified atom stereocenters. The van der Waals surface area contributed by atoms with E-state index in [9.17, 15) is 4.79 Å². The minimum Gasteiger partial charge on any atom is -0.377 e. The molecule has 2 aromatic carbocycles. The standard InChI is InChI=1S/C20H21Cl2NO2S/c21-15-10-14(11-16(22)12-15)7-8-23-20(24)18-5-1-2-6-19(18)26-13-17-4-3-9-25-17/h1-2,5-6,10-12,17H,3-4,7-9,13H2,(H,23,24). The van der Waals surface area contributed by atoms with Crippen LogP contribution in [0.4, 0.5) is 0 Å². The molecule has 0 spiro atoms. The summed E-state index contributed by atoms with van der Waals surface area (Å²) in [6, 6.07) is 13.1. The Kier molecular flexibility index (Phi) is 7.26. The van der Waals surface area contributed by atoms with E-state index in [2.05, 4.69) is 5.32 Å². The number of hydrogen-bond acceptors (Lipinski definition) is 3. The van der Waals surface area contributed by atoms with Gasteiger partial charge >= 0.3 is 0 Å². The van der Waals surface area contributed by atoms with Crippen LogP contribution < -0.4 is 5.32 Å². The molecule has 0 radical (unpaired) electrons. The number of rotatable bonds is 7. The third kappa shape index (κ3) is 5.65. The molecule has 3 rings (SSSR count). The van der Waals surface area contributed by atoms with Gasteiger partial charge in [-0.3, -0.25) is 4.79 Å². The smallest absolute Gasteiger partial charge is 0.252 e. The average molecular weight is 410 g/mol. The van der Waals surface area contributed by atoms with E-state index in [1.165, 1.54) is 0 Å². The summed E-state index contributed by atoms with van der Waals surface area (Å²) >= 11 is 13.7. The monoisotopic (exact) mass is 409 g/mol. The van der Waals surface area contributed by atoms with Gasteiger partial charge in [0.2, 0.25) is 0 Å². The van der Waals surface area contributed by atoms with E-state index in [1.54, 1.807) is 17.8 Å². The zero-order valence-electron chi connectivity index (χ0n) is 14.3. The zero-order chi connectivity index (χ0) is 18.4. The normalized spacial score (nSPS) is 16.6. The zero-order valence-corrected chi connectivity index (χ0v) is 16.7. The van der Waals surface area contributed by atoms with Crippen LogP contribution in [0.5, 0.6) is 0 Å². The van der Waals surface area contributed by atoms with Crippen LogP contribution in [0.25, 0.3) is 0 Å². The van der Waals surface area contributed by atoms with Crippen LogP contribution in [0.15, 0.2) is 47.4 Å². The van der Waals surface area contributed by atoms with Gasteiger partial charge in [0.25, 0.3) is 5.91 Å². The average Bonchev–Trinajstić information content (AvgIpc) is 3.13. The van der Waals surface area contributed by atoms with Gasteiger partial charge in [-0.15, -0.1) is 11.8 Å². The Morgan fingerprint density at radius 3 is 2.69 bits per heavy atom. The summed E-state index contributed by atoms with van der Waals surface area (Å²) in [7, 11) is 0. The highest BCUT2D eigenvalue weighted by Crippen LogP contribution is 2.26. The number of nitrogens with one attached hydrogen (secondary N) is 1. The second kappa shape index (κ2) is 9.65. The summed E-state index contributed by atoms with van der Waals surface area (Å²) in [5.74, 6) is 0.819. The summed E-state index contributed by atoms with van der Waals surface area (Å²) in [5.41, 5.74) is 1.71. The number of carbonyl (C=O) groups excluding carboxylic acids is 1. The molecule has 0 saturated carbocycles. The first kappa shape index (κ1) is 19.6. The van der Waals surface area contributed by atoms with Gasteiger partial charge in [0, 0.05) is 33.8 Å². The van der Waals surface area contributed by atoms with E-state index >= 15 is 0 Å². The molecule has 138 valence electrons. The number of thioether (sulfide) groups is 1. The first-order valence-electron chi connectivity index (χ1n) is 8.68. The molecule has 1 saturated heterocycles. The van der Waals surface area contributed by atoms with Crippen molar-refractivity contribution in [3.05, 3.63) is 63.6 Å².